The number of benzene rings is 1. The molecule has 0 fully saturated rings. The van der Waals surface area contributed by atoms with Crippen LogP contribution in [0, 0.1) is 0 Å². The first-order chi connectivity index (χ1) is 9.02. The molecule has 19 heavy (non-hydrogen) atoms. The second kappa shape index (κ2) is 7.56. The first kappa shape index (κ1) is 15.2. The Bertz CT molecular complexity index is 424. The molecule has 0 aromatic heterocycles. The molecule has 0 aliphatic carbocycles. The van der Waals surface area contributed by atoms with Gasteiger partial charge in [0.25, 0.3) is 0 Å². The number of carbonyl (C=O) groups is 2. The third kappa shape index (κ3) is 5.55. The Hall–Kier alpha value is -1.84. The zero-order valence-electron chi connectivity index (χ0n) is 11.7. The number of rotatable bonds is 6. The molecular formula is C15H21NO3. The molecule has 0 saturated carbocycles. The van der Waals surface area contributed by atoms with Crippen molar-refractivity contribution in [3.05, 3.63) is 29.8 Å². The van der Waals surface area contributed by atoms with E-state index in [-0.39, 0.29) is 24.7 Å². The van der Waals surface area contributed by atoms with Gasteiger partial charge < -0.3 is 10.1 Å². The summed E-state index contributed by atoms with van der Waals surface area (Å²) in [5.41, 5.74) is 1.97. The number of hydrogen-bond donors (Lipinski definition) is 1. The smallest absolute Gasteiger partial charge is 0.306 e. The lowest BCUT2D eigenvalue weighted by Crippen LogP contribution is -2.14. The average Bonchev–Trinajstić information content (AvgIpc) is 2.37. The molecule has 0 heterocycles. The van der Waals surface area contributed by atoms with Gasteiger partial charge in [-0.15, -0.1) is 0 Å². The van der Waals surface area contributed by atoms with Crippen LogP contribution < -0.4 is 5.32 Å². The van der Waals surface area contributed by atoms with E-state index in [0.717, 1.165) is 5.69 Å². The molecule has 0 saturated heterocycles. The van der Waals surface area contributed by atoms with Gasteiger partial charge in [-0.3, -0.25) is 9.59 Å². The third-order valence-corrected chi connectivity index (χ3v) is 2.72. The van der Waals surface area contributed by atoms with E-state index >= 15 is 0 Å². The molecule has 1 rings (SSSR count). The maximum atomic E-state index is 11.6. The fourth-order valence-electron chi connectivity index (χ4n) is 1.62. The number of hydrogen-bond acceptors (Lipinski definition) is 3. The van der Waals surface area contributed by atoms with E-state index < -0.39 is 0 Å². The van der Waals surface area contributed by atoms with Gasteiger partial charge in [-0.2, -0.15) is 0 Å². The van der Waals surface area contributed by atoms with Crippen molar-refractivity contribution in [1.82, 2.24) is 0 Å². The zero-order chi connectivity index (χ0) is 14.3. The van der Waals surface area contributed by atoms with Crippen molar-refractivity contribution >= 4 is 17.6 Å². The van der Waals surface area contributed by atoms with Crippen molar-refractivity contribution in [2.75, 3.05) is 11.9 Å². The largest absolute Gasteiger partial charge is 0.466 e. The molecule has 1 N–H and O–H groups in total. The molecule has 0 unspecified atom stereocenters. The summed E-state index contributed by atoms with van der Waals surface area (Å²) in [4.78, 5) is 22.7. The summed E-state index contributed by atoms with van der Waals surface area (Å²) < 4.78 is 4.77. The second-order valence-corrected chi connectivity index (χ2v) is 4.63. The first-order valence-corrected chi connectivity index (χ1v) is 6.58. The van der Waals surface area contributed by atoms with E-state index in [0.29, 0.717) is 12.5 Å². The van der Waals surface area contributed by atoms with Gasteiger partial charge >= 0.3 is 5.97 Å². The number of anilines is 1. The van der Waals surface area contributed by atoms with Crippen LogP contribution in [0.25, 0.3) is 0 Å². The van der Waals surface area contributed by atoms with Crippen molar-refractivity contribution in [3.63, 3.8) is 0 Å². The zero-order valence-corrected chi connectivity index (χ0v) is 11.7. The Morgan fingerprint density at radius 2 is 1.79 bits per heavy atom. The van der Waals surface area contributed by atoms with E-state index in [4.69, 9.17) is 4.74 Å². The van der Waals surface area contributed by atoms with Crippen LogP contribution in [0.15, 0.2) is 24.3 Å². The third-order valence-electron chi connectivity index (χ3n) is 2.72. The monoisotopic (exact) mass is 263 g/mol. The van der Waals surface area contributed by atoms with Gasteiger partial charge in [0, 0.05) is 12.1 Å². The quantitative estimate of drug-likeness (QED) is 0.802. The molecule has 1 amide bonds. The number of carbonyl (C=O) groups excluding carboxylic acids is 2. The van der Waals surface area contributed by atoms with E-state index in [9.17, 15) is 9.59 Å². The SMILES string of the molecule is CCOC(=O)CCC(=O)Nc1ccc(C(C)C)cc1. The van der Waals surface area contributed by atoms with E-state index in [2.05, 4.69) is 19.2 Å². The summed E-state index contributed by atoms with van der Waals surface area (Å²) >= 11 is 0. The molecule has 104 valence electrons. The summed E-state index contributed by atoms with van der Waals surface area (Å²) in [6.45, 7) is 6.32. The minimum atomic E-state index is -0.340. The van der Waals surface area contributed by atoms with Crippen molar-refractivity contribution in [2.45, 2.75) is 39.5 Å². The lowest BCUT2D eigenvalue weighted by Gasteiger charge is -2.08. The van der Waals surface area contributed by atoms with Crippen LogP contribution in [0.5, 0.6) is 0 Å². The minimum Gasteiger partial charge on any atom is -0.466 e. The van der Waals surface area contributed by atoms with Crippen LogP contribution in [0.2, 0.25) is 0 Å². The van der Waals surface area contributed by atoms with Crippen LogP contribution in [-0.2, 0) is 14.3 Å². The Labute approximate surface area is 114 Å². The van der Waals surface area contributed by atoms with Crippen molar-refractivity contribution in [3.8, 4) is 0 Å². The summed E-state index contributed by atoms with van der Waals surface area (Å²) in [5.74, 6) is -0.0493. The predicted octanol–water partition coefficient (Wildman–Crippen LogP) is 3.09. The molecule has 0 spiro atoms. The number of esters is 1. The molecule has 0 aliphatic heterocycles. The number of ether oxygens (including phenoxy) is 1. The fraction of sp³-hybridized carbons (Fsp3) is 0.467. The van der Waals surface area contributed by atoms with Crippen LogP contribution >= 0.6 is 0 Å². The molecule has 0 radical (unpaired) electrons. The van der Waals surface area contributed by atoms with Crippen molar-refractivity contribution < 1.29 is 14.3 Å². The topological polar surface area (TPSA) is 55.4 Å². The predicted molar refractivity (Wildman–Crippen MR) is 75.0 cm³/mol. The van der Waals surface area contributed by atoms with E-state index in [1.807, 2.05) is 24.3 Å². The maximum absolute atomic E-state index is 11.6. The molecule has 4 heteroatoms. The highest BCUT2D eigenvalue weighted by Gasteiger charge is 2.08. The van der Waals surface area contributed by atoms with Gasteiger partial charge in [0.1, 0.15) is 0 Å². The molecule has 0 aliphatic rings. The summed E-state index contributed by atoms with van der Waals surface area (Å²) in [7, 11) is 0. The summed E-state index contributed by atoms with van der Waals surface area (Å²) in [6.07, 6.45) is 0.258. The van der Waals surface area contributed by atoms with Gasteiger partial charge in [0.15, 0.2) is 0 Å². The molecule has 0 atom stereocenters. The molecule has 1 aromatic rings. The number of amides is 1. The Kier molecular flexibility index (Phi) is 6.06. The molecule has 1 aromatic carbocycles. The molecule has 0 bridgehead atoms. The maximum Gasteiger partial charge on any atom is 0.306 e. The van der Waals surface area contributed by atoms with Crippen LogP contribution in [0.4, 0.5) is 5.69 Å². The van der Waals surface area contributed by atoms with Gasteiger partial charge in [0.2, 0.25) is 5.91 Å². The van der Waals surface area contributed by atoms with Gasteiger partial charge in [-0.1, -0.05) is 26.0 Å². The van der Waals surface area contributed by atoms with Gasteiger partial charge in [-0.05, 0) is 30.5 Å². The fourth-order valence-corrected chi connectivity index (χ4v) is 1.62. The van der Waals surface area contributed by atoms with Crippen molar-refractivity contribution in [2.24, 2.45) is 0 Å². The standard InChI is InChI=1S/C15H21NO3/c1-4-19-15(18)10-9-14(17)16-13-7-5-12(6-8-13)11(2)3/h5-8,11H,4,9-10H2,1-3H3,(H,16,17). The highest BCUT2D eigenvalue weighted by molar-refractivity contribution is 5.92. The van der Waals surface area contributed by atoms with Crippen molar-refractivity contribution in [1.29, 1.82) is 0 Å². The Morgan fingerprint density at radius 3 is 2.32 bits per heavy atom. The van der Waals surface area contributed by atoms with E-state index in [1.165, 1.54) is 5.56 Å². The van der Waals surface area contributed by atoms with Crippen LogP contribution in [0.3, 0.4) is 0 Å². The number of nitrogens with one attached hydrogen (secondary N) is 1. The summed E-state index contributed by atoms with van der Waals surface area (Å²) in [6, 6.07) is 7.73. The van der Waals surface area contributed by atoms with Crippen LogP contribution in [0.1, 0.15) is 45.1 Å². The van der Waals surface area contributed by atoms with Crippen LogP contribution in [-0.4, -0.2) is 18.5 Å². The van der Waals surface area contributed by atoms with E-state index in [1.54, 1.807) is 6.92 Å². The Balaban J connectivity index is 2.42. The average molecular weight is 263 g/mol. The first-order valence-electron chi connectivity index (χ1n) is 6.58. The van der Waals surface area contributed by atoms with Gasteiger partial charge in [0.05, 0.1) is 13.0 Å². The Morgan fingerprint density at radius 1 is 1.16 bits per heavy atom. The second-order valence-electron chi connectivity index (χ2n) is 4.63. The highest BCUT2D eigenvalue weighted by atomic mass is 16.5. The molecule has 4 nitrogen and oxygen atoms in total. The molecular weight excluding hydrogens is 242 g/mol. The summed E-state index contributed by atoms with van der Waals surface area (Å²) in [5, 5.41) is 2.76. The van der Waals surface area contributed by atoms with Gasteiger partial charge in [-0.25, -0.2) is 0 Å². The lowest BCUT2D eigenvalue weighted by molar-refractivity contribution is -0.144. The minimum absolute atomic E-state index is 0.115. The normalized spacial score (nSPS) is 10.3. The lowest BCUT2D eigenvalue weighted by atomic mass is 10.0. The highest BCUT2D eigenvalue weighted by Crippen LogP contribution is 2.17.